The van der Waals surface area contributed by atoms with Gasteiger partial charge >= 0.3 is 0 Å². The normalized spacial score (nSPS) is 17.9. The predicted molar refractivity (Wildman–Crippen MR) is 62.4 cm³/mol. The SMILES string of the molecule is OC(CC1C=CCC=C1)c1ccccc1. The molecule has 15 heavy (non-hydrogen) atoms. The van der Waals surface area contributed by atoms with Gasteiger partial charge in [0.2, 0.25) is 0 Å². The fourth-order valence-electron chi connectivity index (χ4n) is 1.88. The van der Waals surface area contributed by atoms with Crippen LogP contribution >= 0.6 is 0 Å². The maximum absolute atomic E-state index is 10.0. The van der Waals surface area contributed by atoms with Crippen LogP contribution in [0.3, 0.4) is 0 Å². The fraction of sp³-hybridized carbons (Fsp3) is 0.286. The highest BCUT2D eigenvalue weighted by Crippen LogP contribution is 2.24. The number of hydrogen-bond donors (Lipinski definition) is 1. The Kier molecular flexibility index (Phi) is 3.36. The van der Waals surface area contributed by atoms with Crippen LogP contribution in [-0.2, 0) is 0 Å². The minimum absolute atomic E-state index is 0.358. The summed E-state index contributed by atoms with van der Waals surface area (Å²) >= 11 is 0. The highest BCUT2D eigenvalue weighted by molar-refractivity contribution is 5.19. The largest absolute Gasteiger partial charge is 0.388 e. The van der Waals surface area contributed by atoms with Crippen LogP contribution < -0.4 is 0 Å². The van der Waals surface area contributed by atoms with Gasteiger partial charge in [0.15, 0.2) is 0 Å². The van der Waals surface area contributed by atoms with Crippen molar-refractivity contribution in [2.75, 3.05) is 0 Å². The Hall–Kier alpha value is -1.34. The van der Waals surface area contributed by atoms with E-state index in [-0.39, 0.29) is 6.10 Å². The maximum atomic E-state index is 10.0. The highest BCUT2D eigenvalue weighted by atomic mass is 16.3. The molecule has 0 saturated carbocycles. The number of allylic oxidation sites excluding steroid dienone is 4. The molecule has 0 spiro atoms. The lowest BCUT2D eigenvalue weighted by molar-refractivity contribution is 0.159. The molecule has 1 unspecified atom stereocenters. The molecule has 1 nitrogen and oxygen atoms in total. The van der Waals surface area contributed by atoms with E-state index < -0.39 is 0 Å². The number of hydrogen-bond acceptors (Lipinski definition) is 1. The molecule has 1 aliphatic carbocycles. The van der Waals surface area contributed by atoms with Gasteiger partial charge in [0, 0.05) is 0 Å². The van der Waals surface area contributed by atoms with Crippen molar-refractivity contribution in [3.05, 3.63) is 60.2 Å². The van der Waals surface area contributed by atoms with E-state index >= 15 is 0 Å². The summed E-state index contributed by atoms with van der Waals surface area (Å²) in [5, 5.41) is 10.0. The second-order valence-electron chi connectivity index (χ2n) is 3.92. The molecule has 0 amide bonds. The molecule has 1 N–H and O–H groups in total. The Bertz CT molecular complexity index is 339. The van der Waals surface area contributed by atoms with E-state index in [0.29, 0.717) is 5.92 Å². The average Bonchev–Trinajstić information content (AvgIpc) is 2.31. The molecule has 1 aliphatic rings. The Morgan fingerprint density at radius 1 is 1.13 bits per heavy atom. The van der Waals surface area contributed by atoms with Crippen molar-refractivity contribution in [2.24, 2.45) is 5.92 Å². The molecular weight excluding hydrogens is 184 g/mol. The number of aliphatic hydroxyl groups excluding tert-OH is 1. The van der Waals surface area contributed by atoms with Crippen molar-refractivity contribution in [2.45, 2.75) is 18.9 Å². The van der Waals surface area contributed by atoms with Crippen LogP contribution in [0.2, 0.25) is 0 Å². The Balaban J connectivity index is 1.97. The molecule has 0 aromatic heterocycles. The van der Waals surface area contributed by atoms with Gasteiger partial charge in [-0.2, -0.15) is 0 Å². The van der Waals surface area contributed by atoms with E-state index in [1.165, 1.54) is 0 Å². The van der Waals surface area contributed by atoms with Crippen LogP contribution in [0.5, 0.6) is 0 Å². The van der Waals surface area contributed by atoms with Crippen molar-refractivity contribution >= 4 is 0 Å². The molecule has 78 valence electrons. The first kappa shape index (κ1) is 10.2. The Morgan fingerprint density at radius 2 is 1.80 bits per heavy atom. The van der Waals surface area contributed by atoms with Gasteiger partial charge in [0.1, 0.15) is 0 Å². The van der Waals surface area contributed by atoms with Crippen LogP contribution in [0, 0.1) is 5.92 Å². The van der Waals surface area contributed by atoms with Gasteiger partial charge in [-0.3, -0.25) is 0 Å². The number of aliphatic hydroxyl groups is 1. The van der Waals surface area contributed by atoms with E-state index in [4.69, 9.17) is 0 Å². The van der Waals surface area contributed by atoms with Gasteiger partial charge in [-0.15, -0.1) is 0 Å². The topological polar surface area (TPSA) is 20.2 Å². The lowest BCUT2D eigenvalue weighted by Gasteiger charge is -2.16. The maximum Gasteiger partial charge on any atom is 0.0798 e. The third-order valence-corrected chi connectivity index (χ3v) is 2.72. The molecule has 0 bridgehead atoms. The third-order valence-electron chi connectivity index (χ3n) is 2.72. The molecule has 0 radical (unpaired) electrons. The molecular formula is C14H16O. The second kappa shape index (κ2) is 4.94. The van der Waals surface area contributed by atoms with Gasteiger partial charge in [-0.25, -0.2) is 0 Å². The lowest BCUT2D eigenvalue weighted by Crippen LogP contribution is -2.04. The van der Waals surface area contributed by atoms with Crippen molar-refractivity contribution in [3.8, 4) is 0 Å². The van der Waals surface area contributed by atoms with E-state index in [9.17, 15) is 5.11 Å². The summed E-state index contributed by atoms with van der Waals surface area (Å²) in [6.45, 7) is 0. The van der Waals surface area contributed by atoms with Crippen molar-refractivity contribution in [3.63, 3.8) is 0 Å². The zero-order chi connectivity index (χ0) is 10.5. The minimum atomic E-state index is -0.358. The van der Waals surface area contributed by atoms with Gasteiger partial charge < -0.3 is 5.11 Å². The first-order valence-corrected chi connectivity index (χ1v) is 5.42. The van der Waals surface area contributed by atoms with E-state index in [1.807, 2.05) is 30.3 Å². The summed E-state index contributed by atoms with van der Waals surface area (Å²) in [6, 6.07) is 9.84. The van der Waals surface area contributed by atoms with E-state index in [0.717, 1.165) is 18.4 Å². The van der Waals surface area contributed by atoms with Gasteiger partial charge in [0.05, 0.1) is 6.10 Å². The summed E-state index contributed by atoms with van der Waals surface area (Å²) < 4.78 is 0. The van der Waals surface area contributed by atoms with Gasteiger partial charge in [-0.1, -0.05) is 54.6 Å². The Labute approximate surface area is 90.8 Å². The summed E-state index contributed by atoms with van der Waals surface area (Å²) in [4.78, 5) is 0. The molecule has 0 aliphatic heterocycles. The third kappa shape index (κ3) is 2.80. The van der Waals surface area contributed by atoms with Crippen LogP contribution in [0.15, 0.2) is 54.6 Å². The van der Waals surface area contributed by atoms with Crippen molar-refractivity contribution in [1.82, 2.24) is 0 Å². The van der Waals surface area contributed by atoms with E-state index in [1.54, 1.807) is 0 Å². The predicted octanol–water partition coefficient (Wildman–Crippen LogP) is 3.24. The second-order valence-corrected chi connectivity index (χ2v) is 3.92. The first-order valence-electron chi connectivity index (χ1n) is 5.42. The van der Waals surface area contributed by atoms with Gasteiger partial charge in [0.25, 0.3) is 0 Å². The molecule has 0 heterocycles. The summed E-state index contributed by atoms with van der Waals surface area (Å²) in [5.74, 6) is 0.383. The summed E-state index contributed by atoms with van der Waals surface area (Å²) in [5.41, 5.74) is 1.00. The zero-order valence-electron chi connectivity index (χ0n) is 8.71. The van der Waals surface area contributed by atoms with Gasteiger partial charge in [-0.05, 0) is 24.3 Å². The highest BCUT2D eigenvalue weighted by Gasteiger charge is 2.12. The smallest absolute Gasteiger partial charge is 0.0798 e. The standard InChI is InChI=1S/C14H16O/c15-14(13-9-5-2-6-10-13)11-12-7-3-1-4-8-12/h2-10,12,14-15H,1,11H2. The Morgan fingerprint density at radius 3 is 2.47 bits per heavy atom. The molecule has 2 rings (SSSR count). The molecule has 1 aromatic rings. The lowest BCUT2D eigenvalue weighted by atomic mass is 9.94. The van der Waals surface area contributed by atoms with E-state index in [2.05, 4.69) is 24.3 Å². The van der Waals surface area contributed by atoms with Crippen LogP contribution in [-0.4, -0.2) is 5.11 Å². The van der Waals surface area contributed by atoms with Crippen LogP contribution in [0.25, 0.3) is 0 Å². The van der Waals surface area contributed by atoms with Crippen molar-refractivity contribution in [1.29, 1.82) is 0 Å². The summed E-state index contributed by atoms with van der Waals surface area (Å²) in [6.07, 6.45) is 10.1. The van der Waals surface area contributed by atoms with Crippen LogP contribution in [0.1, 0.15) is 24.5 Å². The molecule has 1 aromatic carbocycles. The number of benzene rings is 1. The minimum Gasteiger partial charge on any atom is -0.388 e. The monoisotopic (exact) mass is 200 g/mol. The molecule has 1 heteroatoms. The first-order chi connectivity index (χ1) is 7.36. The van der Waals surface area contributed by atoms with Crippen molar-refractivity contribution < 1.29 is 5.11 Å². The average molecular weight is 200 g/mol. The van der Waals surface area contributed by atoms with Crippen LogP contribution in [0.4, 0.5) is 0 Å². The fourth-order valence-corrected chi connectivity index (χ4v) is 1.88. The molecule has 1 atom stereocenters. The summed E-state index contributed by atoms with van der Waals surface area (Å²) in [7, 11) is 0. The number of rotatable bonds is 3. The molecule has 0 fully saturated rings. The quantitative estimate of drug-likeness (QED) is 0.743. The zero-order valence-corrected chi connectivity index (χ0v) is 8.71. The molecule has 0 saturated heterocycles.